The Morgan fingerprint density at radius 1 is 1.15 bits per heavy atom. The van der Waals surface area contributed by atoms with Crippen LogP contribution in [0.5, 0.6) is 0 Å². The molecule has 106 valence electrons. The highest BCUT2D eigenvalue weighted by atomic mass is 16.2. The van der Waals surface area contributed by atoms with Crippen molar-refractivity contribution in [2.45, 2.75) is 50.7 Å². The SMILES string of the molecule is CC1(C)NC(=O)C(c2ccccc2)N(C2CCC2)C1=O. The van der Waals surface area contributed by atoms with Crippen molar-refractivity contribution in [3.63, 3.8) is 0 Å². The summed E-state index contributed by atoms with van der Waals surface area (Å²) < 4.78 is 0. The molecule has 1 unspecified atom stereocenters. The van der Waals surface area contributed by atoms with Gasteiger partial charge in [-0.1, -0.05) is 30.3 Å². The highest BCUT2D eigenvalue weighted by molar-refractivity contribution is 6.00. The van der Waals surface area contributed by atoms with E-state index in [1.54, 1.807) is 13.8 Å². The van der Waals surface area contributed by atoms with Crippen LogP contribution in [0.3, 0.4) is 0 Å². The van der Waals surface area contributed by atoms with Gasteiger partial charge in [0.15, 0.2) is 0 Å². The Bertz CT molecular complexity index is 535. The molecule has 1 aromatic rings. The molecule has 1 aromatic carbocycles. The maximum Gasteiger partial charge on any atom is 0.248 e. The maximum absolute atomic E-state index is 12.7. The third-order valence-corrected chi connectivity index (χ3v) is 4.31. The Labute approximate surface area is 119 Å². The lowest BCUT2D eigenvalue weighted by Crippen LogP contribution is -2.67. The number of piperazine rings is 1. The molecular formula is C16H20N2O2. The zero-order chi connectivity index (χ0) is 14.3. The highest BCUT2D eigenvalue weighted by Gasteiger charge is 2.49. The lowest BCUT2D eigenvalue weighted by Gasteiger charge is -2.49. The zero-order valence-electron chi connectivity index (χ0n) is 11.9. The molecule has 20 heavy (non-hydrogen) atoms. The van der Waals surface area contributed by atoms with Gasteiger partial charge in [-0.25, -0.2) is 0 Å². The van der Waals surface area contributed by atoms with Crippen molar-refractivity contribution in [2.75, 3.05) is 0 Å². The smallest absolute Gasteiger partial charge is 0.248 e. The molecule has 2 aliphatic rings. The first kappa shape index (κ1) is 13.2. The maximum atomic E-state index is 12.7. The number of nitrogens with zero attached hydrogens (tertiary/aromatic N) is 1. The first-order valence-corrected chi connectivity index (χ1v) is 7.20. The monoisotopic (exact) mass is 272 g/mol. The van der Waals surface area contributed by atoms with Gasteiger partial charge in [-0.3, -0.25) is 9.59 Å². The molecular weight excluding hydrogens is 252 g/mol. The molecule has 0 bridgehead atoms. The van der Waals surface area contributed by atoms with E-state index in [2.05, 4.69) is 5.32 Å². The summed E-state index contributed by atoms with van der Waals surface area (Å²) in [5, 5.41) is 2.86. The van der Waals surface area contributed by atoms with E-state index >= 15 is 0 Å². The minimum atomic E-state index is -0.808. The van der Waals surface area contributed by atoms with E-state index in [1.807, 2.05) is 35.2 Å². The lowest BCUT2D eigenvalue weighted by molar-refractivity contribution is -0.159. The predicted molar refractivity (Wildman–Crippen MR) is 75.9 cm³/mol. The molecule has 2 amide bonds. The molecule has 1 saturated carbocycles. The number of hydrogen-bond acceptors (Lipinski definition) is 2. The van der Waals surface area contributed by atoms with Crippen molar-refractivity contribution in [1.82, 2.24) is 10.2 Å². The van der Waals surface area contributed by atoms with Gasteiger partial charge >= 0.3 is 0 Å². The Morgan fingerprint density at radius 3 is 2.35 bits per heavy atom. The van der Waals surface area contributed by atoms with E-state index in [1.165, 1.54) is 0 Å². The van der Waals surface area contributed by atoms with Gasteiger partial charge in [-0.2, -0.15) is 0 Å². The fourth-order valence-electron chi connectivity index (χ4n) is 2.98. The predicted octanol–water partition coefficient (Wildman–Crippen LogP) is 2.02. The molecule has 0 spiro atoms. The molecule has 1 atom stereocenters. The summed E-state index contributed by atoms with van der Waals surface area (Å²) in [5.74, 6) is -0.0525. The van der Waals surface area contributed by atoms with Crippen LogP contribution in [0, 0.1) is 0 Å². The molecule has 1 saturated heterocycles. The standard InChI is InChI=1S/C16H20N2O2/c1-16(2)15(20)18(12-9-6-10-12)13(14(19)17-16)11-7-4-3-5-8-11/h3-5,7-8,12-13H,6,9-10H2,1-2H3,(H,17,19). The van der Waals surface area contributed by atoms with Crippen LogP contribution in [-0.2, 0) is 9.59 Å². The third-order valence-electron chi connectivity index (χ3n) is 4.31. The van der Waals surface area contributed by atoms with E-state index in [0.717, 1.165) is 24.8 Å². The first-order chi connectivity index (χ1) is 9.50. The van der Waals surface area contributed by atoms with E-state index in [9.17, 15) is 9.59 Å². The second kappa shape index (κ2) is 4.62. The summed E-state index contributed by atoms with van der Waals surface area (Å²) in [4.78, 5) is 27.0. The number of nitrogens with one attached hydrogen (secondary N) is 1. The van der Waals surface area contributed by atoms with Gasteiger partial charge in [-0.05, 0) is 38.7 Å². The van der Waals surface area contributed by atoms with Crippen molar-refractivity contribution < 1.29 is 9.59 Å². The Balaban J connectivity index is 2.01. The minimum Gasteiger partial charge on any atom is -0.340 e. The number of carbonyl (C=O) groups is 2. The fraction of sp³-hybridized carbons (Fsp3) is 0.500. The Morgan fingerprint density at radius 2 is 1.80 bits per heavy atom. The van der Waals surface area contributed by atoms with Crippen LogP contribution in [0.2, 0.25) is 0 Å². The average Bonchev–Trinajstić information content (AvgIpc) is 2.34. The summed E-state index contributed by atoms with van der Waals surface area (Å²) >= 11 is 0. The van der Waals surface area contributed by atoms with Crippen LogP contribution < -0.4 is 5.32 Å². The first-order valence-electron chi connectivity index (χ1n) is 7.20. The molecule has 1 heterocycles. The van der Waals surface area contributed by atoms with Gasteiger partial charge in [0.2, 0.25) is 11.8 Å². The number of rotatable bonds is 2. The Kier molecular flexibility index (Phi) is 3.04. The van der Waals surface area contributed by atoms with E-state index in [0.29, 0.717) is 0 Å². The van der Waals surface area contributed by atoms with Crippen LogP contribution >= 0.6 is 0 Å². The number of benzene rings is 1. The summed E-state index contributed by atoms with van der Waals surface area (Å²) in [6, 6.07) is 9.30. The largest absolute Gasteiger partial charge is 0.340 e. The van der Waals surface area contributed by atoms with Crippen molar-refractivity contribution in [1.29, 1.82) is 0 Å². The molecule has 1 aliphatic heterocycles. The summed E-state index contributed by atoms with van der Waals surface area (Å²) in [6.45, 7) is 3.56. The van der Waals surface area contributed by atoms with Crippen LogP contribution in [-0.4, -0.2) is 28.3 Å². The van der Waals surface area contributed by atoms with Gasteiger partial charge in [0.05, 0.1) is 0 Å². The molecule has 3 rings (SSSR count). The van der Waals surface area contributed by atoms with Crippen LogP contribution in [0.4, 0.5) is 0 Å². The second-order valence-electron chi connectivity index (χ2n) is 6.22. The normalized spacial score (nSPS) is 26.1. The summed E-state index contributed by atoms with van der Waals surface area (Å²) in [5.41, 5.74) is 0.0820. The molecule has 4 nitrogen and oxygen atoms in total. The molecule has 4 heteroatoms. The number of hydrogen-bond donors (Lipinski definition) is 1. The van der Waals surface area contributed by atoms with Crippen LogP contribution in [0.25, 0.3) is 0 Å². The van der Waals surface area contributed by atoms with Gasteiger partial charge in [-0.15, -0.1) is 0 Å². The summed E-state index contributed by atoms with van der Waals surface area (Å²) in [6.07, 6.45) is 3.13. The van der Waals surface area contributed by atoms with Gasteiger partial charge in [0.25, 0.3) is 0 Å². The molecule has 0 aromatic heterocycles. The van der Waals surface area contributed by atoms with Gasteiger partial charge in [0, 0.05) is 6.04 Å². The minimum absolute atomic E-state index is 0.0238. The lowest BCUT2D eigenvalue weighted by atomic mass is 9.84. The van der Waals surface area contributed by atoms with Crippen molar-refractivity contribution in [3.8, 4) is 0 Å². The van der Waals surface area contributed by atoms with Crippen molar-refractivity contribution in [2.24, 2.45) is 0 Å². The van der Waals surface area contributed by atoms with Gasteiger partial charge < -0.3 is 10.2 Å². The van der Waals surface area contributed by atoms with E-state index in [-0.39, 0.29) is 17.9 Å². The third kappa shape index (κ3) is 1.99. The number of carbonyl (C=O) groups excluding carboxylic acids is 2. The second-order valence-corrected chi connectivity index (χ2v) is 6.22. The van der Waals surface area contributed by atoms with Gasteiger partial charge in [0.1, 0.15) is 11.6 Å². The topological polar surface area (TPSA) is 49.4 Å². The van der Waals surface area contributed by atoms with Crippen molar-refractivity contribution in [3.05, 3.63) is 35.9 Å². The average molecular weight is 272 g/mol. The Hall–Kier alpha value is -1.84. The quantitative estimate of drug-likeness (QED) is 0.895. The highest BCUT2D eigenvalue weighted by Crippen LogP contribution is 2.37. The van der Waals surface area contributed by atoms with Crippen LogP contribution in [0.1, 0.15) is 44.7 Å². The zero-order valence-corrected chi connectivity index (χ0v) is 11.9. The van der Waals surface area contributed by atoms with E-state index < -0.39 is 11.6 Å². The molecule has 1 aliphatic carbocycles. The number of amides is 2. The van der Waals surface area contributed by atoms with E-state index in [4.69, 9.17) is 0 Å². The molecule has 0 radical (unpaired) electrons. The molecule has 2 fully saturated rings. The summed E-state index contributed by atoms with van der Waals surface area (Å²) in [7, 11) is 0. The molecule has 1 N–H and O–H groups in total. The van der Waals surface area contributed by atoms with Crippen LogP contribution in [0.15, 0.2) is 30.3 Å². The van der Waals surface area contributed by atoms with Crippen molar-refractivity contribution >= 4 is 11.8 Å². The fourth-order valence-corrected chi connectivity index (χ4v) is 2.98.